The van der Waals surface area contributed by atoms with E-state index in [0.29, 0.717) is 22.0 Å². The molecule has 0 radical (unpaired) electrons. The Balaban J connectivity index is 1.67. The van der Waals surface area contributed by atoms with E-state index >= 15 is 13.2 Å². The SMILES string of the molecule is COc1ccc(CC2(c3ccccc3)C(=O)c3c(nc(SC)n3-c3ccccc3)N(Cc3ccccc3)S2(=O)=O)cc1. The fourth-order valence-corrected chi connectivity index (χ4v) is 8.25. The largest absolute Gasteiger partial charge is 0.497 e. The smallest absolute Gasteiger partial charge is 0.254 e. The molecule has 0 saturated heterocycles. The molecule has 0 amide bonds. The number of thioether (sulfide) groups is 1. The van der Waals surface area contributed by atoms with Gasteiger partial charge in [-0.05, 0) is 47.2 Å². The number of fused-ring (bicyclic) bond motifs is 1. The minimum Gasteiger partial charge on any atom is -0.497 e. The van der Waals surface area contributed by atoms with Crippen LogP contribution in [0, 0.1) is 0 Å². The maximum absolute atomic E-state index is 15.1. The molecule has 1 aromatic heterocycles. The van der Waals surface area contributed by atoms with Crippen molar-refractivity contribution in [2.24, 2.45) is 0 Å². The van der Waals surface area contributed by atoms with E-state index < -0.39 is 20.6 Å². The molecular weight excluding hydrogens is 567 g/mol. The number of imidazole rings is 1. The summed E-state index contributed by atoms with van der Waals surface area (Å²) in [6.45, 7) is 0.0280. The van der Waals surface area contributed by atoms with Crippen molar-refractivity contribution in [2.45, 2.75) is 22.9 Å². The van der Waals surface area contributed by atoms with Crippen LogP contribution in [0.4, 0.5) is 5.82 Å². The van der Waals surface area contributed by atoms with Gasteiger partial charge in [0.15, 0.2) is 15.7 Å². The van der Waals surface area contributed by atoms with Crippen molar-refractivity contribution in [3.63, 3.8) is 0 Å². The van der Waals surface area contributed by atoms with E-state index in [-0.39, 0.29) is 24.5 Å². The van der Waals surface area contributed by atoms with Gasteiger partial charge in [-0.15, -0.1) is 0 Å². The first-order chi connectivity index (χ1) is 20.4. The van der Waals surface area contributed by atoms with Gasteiger partial charge in [0, 0.05) is 12.1 Å². The van der Waals surface area contributed by atoms with Crippen LogP contribution in [0.5, 0.6) is 5.75 Å². The van der Waals surface area contributed by atoms with Crippen molar-refractivity contribution in [1.29, 1.82) is 0 Å². The van der Waals surface area contributed by atoms with E-state index in [1.807, 2.05) is 85.1 Å². The average molecular weight is 596 g/mol. The van der Waals surface area contributed by atoms with Crippen LogP contribution in [-0.4, -0.2) is 37.1 Å². The van der Waals surface area contributed by atoms with Crippen molar-refractivity contribution in [1.82, 2.24) is 9.55 Å². The number of rotatable bonds is 8. The second kappa shape index (κ2) is 11.2. The van der Waals surface area contributed by atoms with Gasteiger partial charge in [0.2, 0.25) is 5.78 Å². The molecule has 0 N–H and O–H groups in total. The van der Waals surface area contributed by atoms with Crippen LogP contribution < -0.4 is 9.04 Å². The lowest BCUT2D eigenvalue weighted by Crippen LogP contribution is -2.56. The van der Waals surface area contributed by atoms with Crippen molar-refractivity contribution in [2.75, 3.05) is 17.7 Å². The number of benzene rings is 4. The highest BCUT2D eigenvalue weighted by Gasteiger charge is 2.61. The number of carbonyl (C=O) groups is 1. The van der Waals surface area contributed by atoms with Crippen LogP contribution in [0.1, 0.15) is 27.2 Å². The number of carbonyl (C=O) groups excluding carboxylic acids is 1. The Bertz CT molecular complexity index is 1830. The molecular formula is C33H29N3O4S2. The molecule has 212 valence electrons. The van der Waals surface area contributed by atoms with E-state index in [0.717, 1.165) is 11.3 Å². The van der Waals surface area contributed by atoms with Gasteiger partial charge in [0.25, 0.3) is 10.0 Å². The molecule has 0 saturated carbocycles. The highest BCUT2D eigenvalue weighted by molar-refractivity contribution is 7.98. The predicted molar refractivity (Wildman–Crippen MR) is 166 cm³/mol. The molecule has 1 atom stereocenters. The van der Waals surface area contributed by atoms with Crippen LogP contribution in [0.15, 0.2) is 120 Å². The van der Waals surface area contributed by atoms with Gasteiger partial charge in [-0.1, -0.05) is 103 Å². The number of hydrogen-bond donors (Lipinski definition) is 0. The number of Topliss-reactive ketones (excluding diaryl/α,β-unsaturated/α-hetero) is 1. The van der Waals surface area contributed by atoms with E-state index in [1.54, 1.807) is 48.1 Å². The standard InChI is InChI=1S/C33H29N3O4S2/c1-40-28-20-18-24(19-21-28)22-33(26-14-8-4-9-15-26)30(37)29-31(34-32(41-2)36(29)27-16-10-5-11-17-27)35(42(33,38)39)23-25-12-6-3-7-13-25/h3-21H,22-23H2,1-2H3. The third-order valence-corrected chi connectivity index (χ3v) is 10.6. The number of para-hydroxylation sites is 1. The van der Waals surface area contributed by atoms with Gasteiger partial charge in [0.1, 0.15) is 11.4 Å². The van der Waals surface area contributed by atoms with Crippen molar-refractivity contribution >= 4 is 33.4 Å². The molecule has 42 heavy (non-hydrogen) atoms. The predicted octanol–water partition coefficient (Wildman–Crippen LogP) is 6.27. The number of aromatic nitrogens is 2. The highest BCUT2D eigenvalue weighted by atomic mass is 32.2. The summed E-state index contributed by atoms with van der Waals surface area (Å²) in [6.07, 6.45) is 1.80. The van der Waals surface area contributed by atoms with Gasteiger partial charge >= 0.3 is 0 Å². The average Bonchev–Trinajstić information content (AvgIpc) is 3.42. The maximum Gasteiger partial charge on any atom is 0.254 e. The van der Waals surface area contributed by atoms with Crippen LogP contribution in [0.3, 0.4) is 0 Å². The van der Waals surface area contributed by atoms with Gasteiger partial charge in [0.05, 0.1) is 13.7 Å². The first-order valence-electron chi connectivity index (χ1n) is 13.4. The summed E-state index contributed by atoms with van der Waals surface area (Å²) in [7, 11) is -2.80. The molecule has 9 heteroatoms. The number of hydrogen-bond acceptors (Lipinski definition) is 6. The number of anilines is 1. The zero-order valence-corrected chi connectivity index (χ0v) is 24.8. The summed E-state index contributed by atoms with van der Waals surface area (Å²) in [6, 6.07) is 34.8. The summed E-state index contributed by atoms with van der Waals surface area (Å²) in [5.41, 5.74) is 2.85. The molecule has 4 aromatic carbocycles. The first kappa shape index (κ1) is 27.8. The minimum absolute atomic E-state index is 0.0280. The monoisotopic (exact) mass is 595 g/mol. The summed E-state index contributed by atoms with van der Waals surface area (Å²) < 4.78 is 36.7. The van der Waals surface area contributed by atoms with Crippen molar-refractivity contribution in [3.05, 3.63) is 138 Å². The molecule has 6 rings (SSSR count). The molecule has 0 fully saturated rings. The van der Waals surface area contributed by atoms with Gasteiger partial charge < -0.3 is 4.74 Å². The zero-order chi connectivity index (χ0) is 29.3. The van der Waals surface area contributed by atoms with E-state index in [9.17, 15) is 0 Å². The molecule has 1 aliphatic rings. The molecule has 7 nitrogen and oxygen atoms in total. The Kier molecular flexibility index (Phi) is 7.38. The molecule has 2 heterocycles. The number of nitrogens with zero attached hydrogens (tertiary/aromatic N) is 3. The van der Waals surface area contributed by atoms with Crippen LogP contribution in [0.2, 0.25) is 0 Å². The highest BCUT2D eigenvalue weighted by Crippen LogP contribution is 2.49. The van der Waals surface area contributed by atoms with E-state index in [4.69, 9.17) is 9.72 Å². The van der Waals surface area contributed by atoms with E-state index in [1.165, 1.54) is 16.1 Å². The van der Waals surface area contributed by atoms with Gasteiger partial charge in [-0.25, -0.2) is 17.7 Å². The molecule has 0 spiro atoms. The second-order valence-corrected chi connectivity index (χ2v) is 12.8. The lowest BCUT2D eigenvalue weighted by Gasteiger charge is -2.41. The first-order valence-corrected chi connectivity index (χ1v) is 16.1. The number of ether oxygens (including phenoxy) is 1. The van der Waals surface area contributed by atoms with Crippen LogP contribution >= 0.6 is 11.8 Å². The summed E-state index contributed by atoms with van der Waals surface area (Å²) in [4.78, 5) is 19.9. The fraction of sp³-hybridized carbons (Fsp3) is 0.152. The molecule has 0 bridgehead atoms. The van der Waals surface area contributed by atoms with Gasteiger partial charge in [-0.3, -0.25) is 9.36 Å². The molecule has 1 aliphatic heterocycles. The van der Waals surface area contributed by atoms with Crippen LogP contribution in [-0.2, 0) is 27.7 Å². The van der Waals surface area contributed by atoms with Crippen molar-refractivity contribution in [3.8, 4) is 11.4 Å². The van der Waals surface area contributed by atoms with E-state index in [2.05, 4.69) is 0 Å². The Hall–Kier alpha value is -4.34. The summed E-state index contributed by atoms with van der Waals surface area (Å²) >= 11 is 1.36. The lowest BCUT2D eigenvalue weighted by molar-refractivity contribution is 0.0925. The topological polar surface area (TPSA) is 81.5 Å². The second-order valence-electron chi connectivity index (χ2n) is 9.99. The van der Waals surface area contributed by atoms with Crippen LogP contribution in [0.25, 0.3) is 5.69 Å². The number of ketones is 1. The summed E-state index contributed by atoms with van der Waals surface area (Å²) in [5.74, 6) is 0.268. The Morgan fingerprint density at radius 1 is 0.810 bits per heavy atom. The zero-order valence-electron chi connectivity index (χ0n) is 23.2. The lowest BCUT2D eigenvalue weighted by atomic mass is 9.85. The van der Waals surface area contributed by atoms with Gasteiger partial charge in [-0.2, -0.15) is 0 Å². The molecule has 5 aromatic rings. The maximum atomic E-state index is 15.1. The third-order valence-electron chi connectivity index (χ3n) is 7.60. The number of sulfonamides is 1. The third kappa shape index (κ3) is 4.49. The Morgan fingerprint density at radius 2 is 1.40 bits per heavy atom. The fourth-order valence-electron chi connectivity index (χ4n) is 5.53. The molecule has 0 aliphatic carbocycles. The molecule has 1 unspecified atom stereocenters. The number of methoxy groups -OCH3 is 1. The Labute approximate surface area is 249 Å². The van der Waals surface area contributed by atoms with Crippen molar-refractivity contribution < 1.29 is 17.9 Å². The quantitative estimate of drug-likeness (QED) is 0.197. The normalized spacial score (nSPS) is 17.6. The minimum atomic E-state index is -4.38. The summed E-state index contributed by atoms with van der Waals surface area (Å²) in [5, 5.41) is 0.529. The Morgan fingerprint density at radius 3 is 2.00 bits per heavy atom.